The Balaban J connectivity index is 2.33. The number of aliphatic hydroxyl groups excluding tert-OH is 1. The molecule has 2 heteroatoms. The van der Waals surface area contributed by atoms with E-state index in [0.29, 0.717) is 12.0 Å². The molecule has 0 aliphatic heterocycles. The molecule has 0 aromatic carbocycles. The van der Waals surface area contributed by atoms with Gasteiger partial charge in [0.25, 0.3) is 0 Å². The van der Waals surface area contributed by atoms with Gasteiger partial charge in [-0.25, -0.2) is 0 Å². The van der Waals surface area contributed by atoms with Crippen LogP contribution >= 0.6 is 0 Å². The molecule has 13 heavy (non-hydrogen) atoms. The third kappa shape index (κ3) is 3.28. The van der Waals surface area contributed by atoms with Crippen molar-refractivity contribution < 1.29 is 5.11 Å². The first kappa shape index (κ1) is 11.0. The van der Waals surface area contributed by atoms with Gasteiger partial charge >= 0.3 is 0 Å². The van der Waals surface area contributed by atoms with Crippen LogP contribution in [0.3, 0.4) is 0 Å². The fourth-order valence-electron chi connectivity index (χ4n) is 1.82. The summed E-state index contributed by atoms with van der Waals surface area (Å²) in [6.07, 6.45) is 3.94. The lowest BCUT2D eigenvalue weighted by atomic mass is 10.0. The Morgan fingerprint density at radius 2 is 2.00 bits per heavy atom. The average molecular weight is 185 g/mol. The maximum absolute atomic E-state index is 9.18. The second-order valence-corrected chi connectivity index (χ2v) is 4.55. The molecule has 0 radical (unpaired) electrons. The van der Waals surface area contributed by atoms with Crippen LogP contribution in [-0.4, -0.2) is 23.8 Å². The zero-order chi connectivity index (χ0) is 9.84. The second kappa shape index (κ2) is 4.97. The van der Waals surface area contributed by atoms with Crippen molar-refractivity contribution in [2.24, 2.45) is 11.8 Å². The summed E-state index contributed by atoms with van der Waals surface area (Å²) in [5.41, 5.74) is 0. The molecular formula is C11H23NO. The molecule has 2 atom stereocenters. The van der Waals surface area contributed by atoms with Crippen LogP contribution in [0.4, 0.5) is 0 Å². The van der Waals surface area contributed by atoms with Crippen LogP contribution in [0.2, 0.25) is 0 Å². The summed E-state index contributed by atoms with van der Waals surface area (Å²) in [5, 5.41) is 12.7. The molecule has 1 unspecified atom stereocenters. The standard InChI is InChI=1S/C11H23NO/c1-4-10(9-5-6-9)12-11(7-13)8(2)3/h8-13H,4-7H2,1-3H3/t10?,11-/m1/s1. The average Bonchev–Trinajstić information content (AvgIpc) is 2.89. The third-order valence-electron chi connectivity index (χ3n) is 3.06. The maximum atomic E-state index is 9.18. The first-order valence-corrected chi connectivity index (χ1v) is 5.56. The molecule has 1 saturated carbocycles. The number of hydrogen-bond acceptors (Lipinski definition) is 2. The number of aliphatic hydroxyl groups is 1. The molecular weight excluding hydrogens is 162 g/mol. The highest BCUT2D eigenvalue weighted by Crippen LogP contribution is 2.34. The zero-order valence-electron chi connectivity index (χ0n) is 9.09. The number of hydrogen-bond donors (Lipinski definition) is 2. The summed E-state index contributed by atoms with van der Waals surface area (Å²) in [6, 6.07) is 0.921. The van der Waals surface area contributed by atoms with Gasteiger partial charge in [0, 0.05) is 12.1 Å². The van der Waals surface area contributed by atoms with Gasteiger partial charge < -0.3 is 10.4 Å². The van der Waals surface area contributed by atoms with Gasteiger partial charge in [0.15, 0.2) is 0 Å². The summed E-state index contributed by atoms with van der Waals surface area (Å²) in [7, 11) is 0. The van der Waals surface area contributed by atoms with Crippen molar-refractivity contribution in [3.8, 4) is 0 Å². The summed E-state index contributed by atoms with van der Waals surface area (Å²) >= 11 is 0. The van der Waals surface area contributed by atoms with Crippen molar-refractivity contribution in [1.29, 1.82) is 0 Å². The van der Waals surface area contributed by atoms with Gasteiger partial charge in [-0.2, -0.15) is 0 Å². The van der Waals surface area contributed by atoms with Crippen molar-refractivity contribution in [3.05, 3.63) is 0 Å². The van der Waals surface area contributed by atoms with Crippen LogP contribution < -0.4 is 5.32 Å². The summed E-state index contributed by atoms with van der Waals surface area (Å²) in [4.78, 5) is 0. The highest BCUT2D eigenvalue weighted by Gasteiger charge is 2.31. The Kier molecular flexibility index (Phi) is 4.20. The zero-order valence-corrected chi connectivity index (χ0v) is 9.09. The Morgan fingerprint density at radius 3 is 2.31 bits per heavy atom. The summed E-state index contributed by atoms with van der Waals surface area (Å²) in [5.74, 6) is 1.41. The summed E-state index contributed by atoms with van der Waals surface area (Å²) in [6.45, 7) is 6.81. The molecule has 2 nitrogen and oxygen atoms in total. The van der Waals surface area contributed by atoms with Gasteiger partial charge in [0.05, 0.1) is 6.61 Å². The molecule has 1 rings (SSSR count). The van der Waals surface area contributed by atoms with Gasteiger partial charge in [0.1, 0.15) is 0 Å². The molecule has 1 fully saturated rings. The molecule has 78 valence electrons. The molecule has 0 spiro atoms. The maximum Gasteiger partial charge on any atom is 0.0587 e. The first-order valence-electron chi connectivity index (χ1n) is 5.56. The van der Waals surface area contributed by atoms with E-state index in [1.54, 1.807) is 0 Å². The van der Waals surface area contributed by atoms with Crippen LogP contribution in [0.25, 0.3) is 0 Å². The lowest BCUT2D eigenvalue weighted by molar-refractivity contribution is 0.193. The van der Waals surface area contributed by atoms with Gasteiger partial charge in [-0.05, 0) is 31.1 Å². The first-order chi connectivity index (χ1) is 6.19. The molecule has 1 aliphatic carbocycles. The smallest absolute Gasteiger partial charge is 0.0587 e. The predicted octanol–water partition coefficient (Wildman–Crippen LogP) is 1.78. The van der Waals surface area contributed by atoms with Crippen molar-refractivity contribution in [2.75, 3.05) is 6.61 Å². The second-order valence-electron chi connectivity index (χ2n) is 4.55. The van der Waals surface area contributed by atoms with E-state index in [4.69, 9.17) is 0 Å². The number of nitrogens with one attached hydrogen (secondary N) is 1. The minimum absolute atomic E-state index is 0.265. The van der Waals surface area contributed by atoms with E-state index in [2.05, 4.69) is 26.1 Å². The van der Waals surface area contributed by atoms with Crippen molar-refractivity contribution >= 4 is 0 Å². The molecule has 1 aliphatic rings. The van der Waals surface area contributed by atoms with Gasteiger partial charge in [-0.1, -0.05) is 20.8 Å². The lowest BCUT2D eigenvalue weighted by Gasteiger charge is -2.26. The molecule has 2 N–H and O–H groups in total. The Morgan fingerprint density at radius 1 is 1.38 bits per heavy atom. The predicted molar refractivity (Wildman–Crippen MR) is 55.7 cm³/mol. The van der Waals surface area contributed by atoms with Crippen LogP contribution in [0.5, 0.6) is 0 Å². The molecule has 0 aromatic rings. The van der Waals surface area contributed by atoms with Gasteiger partial charge in [-0.15, -0.1) is 0 Å². The fourth-order valence-corrected chi connectivity index (χ4v) is 1.82. The van der Waals surface area contributed by atoms with Crippen LogP contribution in [0.1, 0.15) is 40.0 Å². The molecule has 0 saturated heterocycles. The van der Waals surface area contributed by atoms with E-state index in [0.717, 1.165) is 5.92 Å². The third-order valence-corrected chi connectivity index (χ3v) is 3.06. The minimum Gasteiger partial charge on any atom is -0.395 e. The molecule has 0 amide bonds. The van der Waals surface area contributed by atoms with E-state index < -0.39 is 0 Å². The Bertz CT molecular complexity index is 135. The van der Waals surface area contributed by atoms with Crippen LogP contribution in [0, 0.1) is 11.8 Å². The van der Waals surface area contributed by atoms with Gasteiger partial charge in [0.2, 0.25) is 0 Å². The van der Waals surface area contributed by atoms with Crippen LogP contribution in [-0.2, 0) is 0 Å². The highest BCUT2D eigenvalue weighted by atomic mass is 16.3. The summed E-state index contributed by atoms with van der Waals surface area (Å²) < 4.78 is 0. The van der Waals surface area contributed by atoms with Crippen molar-refractivity contribution in [2.45, 2.75) is 52.1 Å². The van der Waals surface area contributed by atoms with E-state index in [1.165, 1.54) is 19.3 Å². The number of rotatable bonds is 6. The fraction of sp³-hybridized carbons (Fsp3) is 1.00. The molecule has 0 bridgehead atoms. The van der Waals surface area contributed by atoms with E-state index >= 15 is 0 Å². The van der Waals surface area contributed by atoms with E-state index in [9.17, 15) is 5.11 Å². The molecule has 0 heterocycles. The largest absolute Gasteiger partial charge is 0.395 e. The SMILES string of the molecule is CCC(N[C@H](CO)C(C)C)C1CC1. The van der Waals surface area contributed by atoms with Gasteiger partial charge in [-0.3, -0.25) is 0 Å². The normalized spacial score (nSPS) is 21.9. The quantitative estimate of drug-likeness (QED) is 0.661. The Labute approximate surface area is 81.7 Å². The monoisotopic (exact) mass is 185 g/mol. The minimum atomic E-state index is 0.265. The van der Waals surface area contributed by atoms with Crippen LogP contribution in [0.15, 0.2) is 0 Å². The molecule has 0 aromatic heterocycles. The highest BCUT2D eigenvalue weighted by molar-refractivity contribution is 4.88. The topological polar surface area (TPSA) is 32.3 Å². The lowest BCUT2D eigenvalue weighted by Crippen LogP contribution is -2.44. The van der Waals surface area contributed by atoms with Crippen molar-refractivity contribution in [3.63, 3.8) is 0 Å². The Hall–Kier alpha value is -0.0800. The van der Waals surface area contributed by atoms with Crippen molar-refractivity contribution in [1.82, 2.24) is 5.32 Å². The van der Waals surface area contributed by atoms with E-state index in [1.807, 2.05) is 0 Å². The van der Waals surface area contributed by atoms with E-state index in [-0.39, 0.29) is 12.6 Å².